The van der Waals surface area contributed by atoms with Crippen molar-refractivity contribution < 1.29 is 10.2 Å². The zero-order chi connectivity index (χ0) is 7.28. The average molecular weight is 244 g/mol. The lowest BCUT2D eigenvalue weighted by molar-refractivity contribution is 0.137. The molecule has 0 heterocycles. The van der Waals surface area contributed by atoms with Crippen LogP contribution < -0.4 is 0 Å². The molecule has 0 aromatic rings. The normalized spacial score (nSPS) is 17.3. The first kappa shape index (κ1) is 9.65. The van der Waals surface area contributed by atoms with E-state index in [0.29, 0.717) is 0 Å². The second kappa shape index (κ2) is 5.44. The topological polar surface area (TPSA) is 40.5 Å². The van der Waals surface area contributed by atoms with Gasteiger partial charge in [0.1, 0.15) is 0 Å². The van der Waals surface area contributed by atoms with Crippen molar-refractivity contribution in [2.75, 3.05) is 6.61 Å². The van der Waals surface area contributed by atoms with E-state index in [1.165, 1.54) is 0 Å². The van der Waals surface area contributed by atoms with Crippen molar-refractivity contribution in [1.29, 1.82) is 0 Å². The average Bonchev–Trinajstić information content (AvgIpc) is 1.87. The Bertz CT molecular complexity index is 68.1. The summed E-state index contributed by atoms with van der Waals surface area (Å²) in [6, 6.07) is 0. The van der Waals surface area contributed by atoms with Crippen molar-refractivity contribution in [1.82, 2.24) is 0 Å². The monoisotopic (exact) mass is 244 g/mol. The Kier molecular flexibility index (Phi) is 5.83. The van der Waals surface area contributed by atoms with Crippen LogP contribution >= 0.6 is 22.6 Å². The predicted molar refractivity (Wildman–Crippen MR) is 45.8 cm³/mol. The Balaban J connectivity index is 3.32. The van der Waals surface area contributed by atoms with Crippen molar-refractivity contribution in [2.24, 2.45) is 0 Å². The molecule has 2 N–H and O–H groups in total. The van der Waals surface area contributed by atoms with E-state index in [4.69, 9.17) is 10.2 Å². The third-order valence-electron chi connectivity index (χ3n) is 1.18. The summed E-state index contributed by atoms with van der Waals surface area (Å²) in [5, 5.41) is 17.7. The van der Waals surface area contributed by atoms with E-state index in [1.54, 1.807) is 0 Å². The minimum Gasteiger partial charge on any atom is -0.395 e. The molecule has 0 bridgehead atoms. The molecule has 0 aromatic heterocycles. The first-order chi connectivity index (χ1) is 4.22. The summed E-state index contributed by atoms with van der Waals surface area (Å²) >= 11 is 2.05. The molecule has 0 aliphatic heterocycles. The smallest absolute Gasteiger partial charge is 0.0679 e. The highest BCUT2D eigenvalue weighted by atomic mass is 127. The molecule has 0 unspecified atom stereocenters. The molecule has 0 aliphatic carbocycles. The minimum absolute atomic E-state index is 0.00236. The van der Waals surface area contributed by atoms with Gasteiger partial charge in [0.25, 0.3) is 0 Å². The summed E-state index contributed by atoms with van der Waals surface area (Å²) in [6.45, 7) is 2.09. The van der Waals surface area contributed by atoms with Crippen LogP contribution in [0.25, 0.3) is 0 Å². The SMILES string of the molecule is CCC[C@@H](O)[C@H](I)CO. The Morgan fingerprint density at radius 1 is 1.56 bits per heavy atom. The van der Waals surface area contributed by atoms with E-state index in [0.717, 1.165) is 12.8 Å². The molecular weight excluding hydrogens is 231 g/mol. The van der Waals surface area contributed by atoms with Gasteiger partial charge >= 0.3 is 0 Å². The maximum Gasteiger partial charge on any atom is 0.0679 e. The number of rotatable bonds is 4. The third kappa shape index (κ3) is 4.11. The molecule has 0 amide bonds. The van der Waals surface area contributed by atoms with Crippen molar-refractivity contribution in [3.63, 3.8) is 0 Å². The van der Waals surface area contributed by atoms with Crippen LogP contribution in [-0.4, -0.2) is 26.8 Å². The lowest BCUT2D eigenvalue weighted by Crippen LogP contribution is -2.22. The van der Waals surface area contributed by atoms with Gasteiger partial charge in [-0.25, -0.2) is 0 Å². The number of aliphatic hydroxyl groups is 2. The summed E-state index contributed by atoms with van der Waals surface area (Å²) in [6.07, 6.45) is 1.43. The highest BCUT2D eigenvalue weighted by Crippen LogP contribution is 2.09. The second-order valence-corrected chi connectivity index (χ2v) is 3.65. The fourth-order valence-corrected chi connectivity index (χ4v) is 0.958. The first-order valence-electron chi connectivity index (χ1n) is 3.15. The van der Waals surface area contributed by atoms with E-state index < -0.39 is 0 Å². The maximum atomic E-state index is 9.15. The van der Waals surface area contributed by atoms with Gasteiger partial charge in [-0.1, -0.05) is 35.9 Å². The Morgan fingerprint density at radius 3 is 2.44 bits per heavy atom. The van der Waals surface area contributed by atoms with Crippen molar-refractivity contribution >= 4 is 22.6 Å². The van der Waals surface area contributed by atoms with Gasteiger partial charge in [-0.3, -0.25) is 0 Å². The lowest BCUT2D eigenvalue weighted by atomic mass is 10.1. The molecule has 0 aliphatic rings. The fourth-order valence-electron chi connectivity index (χ4n) is 0.598. The summed E-state index contributed by atoms with van der Waals surface area (Å²) in [5.74, 6) is 0. The van der Waals surface area contributed by atoms with Gasteiger partial charge in [-0.15, -0.1) is 0 Å². The number of hydrogen-bond donors (Lipinski definition) is 2. The largest absolute Gasteiger partial charge is 0.395 e. The zero-order valence-electron chi connectivity index (χ0n) is 5.55. The Hall–Kier alpha value is 0.650. The van der Waals surface area contributed by atoms with Gasteiger partial charge in [0.2, 0.25) is 0 Å². The first-order valence-corrected chi connectivity index (χ1v) is 4.40. The van der Waals surface area contributed by atoms with Gasteiger partial charge in [0, 0.05) is 0 Å². The van der Waals surface area contributed by atoms with Crippen LogP contribution in [-0.2, 0) is 0 Å². The summed E-state index contributed by atoms with van der Waals surface area (Å²) in [5.41, 5.74) is 0. The van der Waals surface area contributed by atoms with Gasteiger partial charge in [-0.2, -0.15) is 0 Å². The van der Waals surface area contributed by atoms with Gasteiger partial charge in [-0.05, 0) is 6.42 Å². The van der Waals surface area contributed by atoms with Crippen LogP contribution in [0.3, 0.4) is 0 Å². The van der Waals surface area contributed by atoms with Crippen molar-refractivity contribution in [2.45, 2.75) is 29.8 Å². The molecule has 2 atom stereocenters. The van der Waals surface area contributed by atoms with E-state index in [1.807, 2.05) is 6.92 Å². The van der Waals surface area contributed by atoms with Crippen molar-refractivity contribution in [3.8, 4) is 0 Å². The molecule has 0 rings (SSSR count). The van der Waals surface area contributed by atoms with Crippen LogP contribution in [0.5, 0.6) is 0 Å². The highest BCUT2D eigenvalue weighted by Gasteiger charge is 2.12. The molecule has 0 fully saturated rings. The number of hydrogen-bond acceptors (Lipinski definition) is 2. The molecule has 0 aromatic carbocycles. The van der Waals surface area contributed by atoms with Crippen LogP contribution in [0.15, 0.2) is 0 Å². The Morgan fingerprint density at radius 2 is 2.11 bits per heavy atom. The van der Waals surface area contributed by atoms with Crippen LogP contribution in [0.4, 0.5) is 0 Å². The van der Waals surface area contributed by atoms with E-state index in [2.05, 4.69) is 22.6 Å². The second-order valence-electron chi connectivity index (χ2n) is 2.05. The van der Waals surface area contributed by atoms with Crippen LogP contribution in [0, 0.1) is 0 Å². The lowest BCUT2D eigenvalue weighted by Gasteiger charge is -2.12. The molecular formula is C6H13IO2. The molecule has 0 radical (unpaired) electrons. The molecule has 56 valence electrons. The van der Waals surface area contributed by atoms with Gasteiger partial charge in [0.05, 0.1) is 16.6 Å². The highest BCUT2D eigenvalue weighted by molar-refractivity contribution is 14.1. The zero-order valence-corrected chi connectivity index (χ0v) is 7.71. The predicted octanol–water partition coefficient (Wildman–Crippen LogP) is 0.943. The number of aliphatic hydroxyl groups excluding tert-OH is 2. The van der Waals surface area contributed by atoms with Gasteiger partial charge in [0.15, 0.2) is 0 Å². The van der Waals surface area contributed by atoms with E-state index in [9.17, 15) is 0 Å². The van der Waals surface area contributed by atoms with E-state index in [-0.39, 0.29) is 16.6 Å². The molecule has 3 heteroatoms. The van der Waals surface area contributed by atoms with Crippen LogP contribution in [0.1, 0.15) is 19.8 Å². The Labute approximate surface area is 69.4 Å². The molecule has 9 heavy (non-hydrogen) atoms. The maximum absolute atomic E-state index is 9.15. The minimum atomic E-state index is -0.333. The molecule has 0 spiro atoms. The fraction of sp³-hybridized carbons (Fsp3) is 1.00. The quantitative estimate of drug-likeness (QED) is 0.570. The summed E-state index contributed by atoms with van der Waals surface area (Å²) in [7, 11) is 0. The van der Waals surface area contributed by atoms with Crippen LogP contribution in [0.2, 0.25) is 0 Å². The van der Waals surface area contributed by atoms with E-state index >= 15 is 0 Å². The van der Waals surface area contributed by atoms with Crippen molar-refractivity contribution in [3.05, 3.63) is 0 Å². The molecule has 0 saturated carbocycles. The van der Waals surface area contributed by atoms with Gasteiger partial charge < -0.3 is 10.2 Å². The molecule has 2 nitrogen and oxygen atoms in total. The standard InChI is InChI=1S/C6H13IO2/c1-2-3-6(9)5(7)4-8/h5-6,8-9H,2-4H2,1H3/t5-,6-/m1/s1. The number of alkyl halides is 1. The third-order valence-corrected chi connectivity index (χ3v) is 2.40. The number of halogens is 1. The molecule has 0 saturated heterocycles. The summed E-state index contributed by atoms with van der Waals surface area (Å²) < 4.78 is 0.00236. The summed E-state index contributed by atoms with van der Waals surface area (Å²) in [4.78, 5) is 0.